The summed E-state index contributed by atoms with van der Waals surface area (Å²) in [5.74, 6) is -0.903. The van der Waals surface area contributed by atoms with E-state index in [2.05, 4.69) is 15.9 Å². The largest absolute Gasteiger partial charge is 0.489 e. The highest BCUT2D eigenvalue weighted by atomic mass is 79.9. The molecular formula is C14H19BrO6. The van der Waals surface area contributed by atoms with Gasteiger partial charge in [-0.05, 0) is 35.0 Å². The van der Waals surface area contributed by atoms with E-state index >= 15 is 0 Å². The van der Waals surface area contributed by atoms with Gasteiger partial charge in [0.2, 0.25) is 0 Å². The molecule has 0 aliphatic carbocycles. The van der Waals surface area contributed by atoms with Crippen LogP contribution in [0, 0.1) is 0 Å². The summed E-state index contributed by atoms with van der Waals surface area (Å²) in [7, 11) is 1.57. The van der Waals surface area contributed by atoms with E-state index < -0.39 is 12.1 Å². The molecule has 2 N–H and O–H groups in total. The summed E-state index contributed by atoms with van der Waals surface area (Å²) in [6.45, 7) is 2.27. The van der Waals surface area contributed by atoms with E-state index in [1.54, 1.807) is 19.2 Å². The number of carbonyl (C=O) groups is 1. The third kappa shape index (κ3) is 6.01. The van der Waals surface area contributed by atoms with Gasteiger partial charge in [0.05, 0.1) is 23.8 Å². The lowest BCUT2D eigenvalue weighted by atomic mass is 10.2. The van der Waals surface area contributed by atoms with E-state index in [1.807, 2.05) is 6.92 Å². The zero-order valence-electron chi connectivity index (χ0n) is 11.9. The third-order valence-electron chi connectivity index (χ3n) is 2.59. The second-order valence-electron chi connectivity index (χ2n) is 4.49. The predicted octanol–water partition coefficient (Wildman–Crippen LogP) is 1.94. The molecule has 0 aromatic heterocycles. The fraction of sp³-hybridized carbons (Fsp3) is 0.500. The second kappa shape index (κ2) is 8.99. The van der Waals surface area contributed by atoms with Crippen molar-refractivity contribution in [1.82, 2.24) is 0 Å². The van der Waals surface area contributed by atoms with Gasteiger partial charge in [0, 0.05) is 7.11 Å². The Morgan fingerprint density at radius 2 is 2.05 bits per heavy atom. The Kier molecular flexibility index (Phi) is 7.66. The zero-order chi connectivity index (χ0) is 15.8. The number of ether oxygens (including phenoxy) is 3. The molecule has 1 rings (SSSR count). The van der Waals surface area contributed by atoms with Gasteiger partial charge < -0.3 is 24.4 Å². The molecule has 0 heterocycles. The molecule has 0 aliphatic rings. The first-order valence-electron chi connectivity index (χ1n) is 6.39. The van der Waals surface area contributed by atoms with Crippen molar-refractivity contribution in [3.63, 3.8) is 0 Å². The maximum absolute atomic E-state index is 11.1. The monoisotopic (exact) mass is 362 g/mol. The van der Waals surface area contributed by atoms with Gasteiger partial charge in [0.1, 0.15) is 24.0 Å². The number of methoxy groups -OCH3 is 1. The molecule has 0 fully saturated rings. The Hall–Kier alpha value is -1.15. The van der Waals surface area contributed by atoms with E-state index in [0.717, 1.165) is 0 Å². The molecule has 21 heavy (non-hydrogen) atoms. The highest BCUT2D eigenvalue weighted by Gasteiger charge is 2.16. The maximum atomic E-state index is 11.1. The van der Waals surface area contributed by atoms with Gasteiger partial charge in [-0.1, -0.05) is 6.07 Å². The van der Waals surface area contributed by atoms with Crippen LogP contribution in [0.2, 0.25) is 0 Å². The molecule has 6 nitrogen and oxygen atoms in total. The number of rotatable bonds is 9. The van der Waals surface area contributed by atoms with Gasteiger partial charge in [-0.25, -0.2) is 4.79 Å². The smallest absolute Gasteiger partial charge is 0.339 e. The average Bonchev–Trinajstić information content (AvgIpc) is 2.43. The summed E-state index contributed by atoms with van der Waals surface area (Å²) in [6, 6.07) is 4.71. The first-order chi connectivity index (χ1) is 9.95. The minimum atomic E-state index is -1.09. The quantitative estimate of drug-likeness (QED) is 0.698. The Labute approximate surface area is 131 Å². The first-order valence-corrected chi connectivity index (χ1v) is 7.18. The molecule has 0 bridgehead atoms. The van der Waals surface area contributed by atoms with E-state index in [0.29, 0.717) is 11.1 Å². The number of para-hydroxylation sites is 1. The summed E-state index contributed by atoms with van der Waals surface area (Å²) in [5.41, 5.74) is 0.0326. The van der Waals surface area contributed by atoms with E-state index in [9.17, 15) is 9.90 Å². The summed E-state index contributed by atoms with van der Waals surface area (Å²) < 4.78 is 16.2. The highest BCUT2D eigenvalue weighted by Crippen LogP contribution is 2.29. The van der Waals surface area contributed by atoms with Crippen LogP contribution in [-0.4, -0.2) is 55.3 Å². The summed E-state index contributed by atoms with van der Waals surface area (Å²) >= 11 is 3.23. The van der Waals surface area contributed by atoms with Crippen molar-refractivity contribution in [3.8, 4) is 5.75 Å². The molecule has 7 heteroatoms. The van der Waals surface area contributed by atoms with Crippen LogP contribution in [0.25, 0.3) is 0 Å². The van der Waals surface area contributed by atoms with Crippen LogP contribution in [0.15, 0.2) is 22.7 Å². The fourth-order valence-electron chi connectivity index (χ4n) is 1.61. The van der Waals surface area contributed by atoms with Gasteiger partial charge in [0.15, 0.2) is 0 Å². The molecule has 1 aromatic carbocycles. The van der Waals surface area contributed by atoms with Gasteiger partial charge >= 0.3 is 5.97 Å². The van der Waals surface area contributed by atoms with Crippen LogP contribution in [0.5, 0.6) is 5.75 Å². The van der Waals surface area contributed by atoms with E-state index in [-0.39, 0.29) is 30.6 Å². The molecule has 0 saturated carbocycles. The van der Waals surface area contributed by atoms with Gasteiger partial charge in [0.25, 0.3) is 0 Å². The minimum Gasteiger partial charge on any atom is -0.489 e. The lowest BCUT2D eigenvalue weighted by molar-refractivity contribution is -0.0424. The summed E-state index contributed by atoms with van der Waals surface area (Å²) in [4.78, 5) is 11.1. The fourth-order valence-corrected chi connectivity index (χ4v) is 2.09. The van der Waals surface area contributed by atoms with Gasteiger partial charge in [-0.2, -0.15) is 0 Å². The highest BCUT2D eigenvalue weighted by molar-refractivity contribution is 9.10. The van der Waals surface area contributed by atoms with E-state index in [4.69, 9.17) is 19.3 Å². The van der Waals surface area contributed by atoms with Gasteiger partial charge in [-0.15, -0.1) is 0 Å². The van der Waals surface area contributed by atoms with Crippen molar-refractivity contribution in [2.24, 2.45) is 0 Å². The lowest BCUT2D eigenvalue weighted by Gasteiger charge is -2.17. The van der Waals surface area contributed by atoms with Crippen LogP contribution < -0.4 is 4.74 Å². The first kappa shape index (κ1) is 17.9. The minimum absolute atomic E-state index is 0.0326. The van der Waals surface area contributed by atoms with Crippen molar-refractivity contribution < 1.29 is 29.2 Å². The van der Waals surface area contributed by atoms with Crippen LogP contribution in [-0.2, 0) is 9.47 Å². The zero-order valence-corrected chi connectivity index (χ0v) is 13.5. The standard InChI is InChI=1S/C14H19BrO6/c1-9(6-19-2)20-7-10(16)8-21-13-11(14(17)18)4-3-5-12(13)15/h3-5,9-10,16H,6-8H2,1-2H3,(H,17,18). The number of benzene rings is 1. The third-order valence-corrected chi connectivity index (χ3v) is 3.22. The lowest BCUT2D eigenvalue weighted by Crippen LogP contribution is -2.27. The van der Waals surface area contributed by atoms with Crippen molar-refractivity contribution in [3.05, 3.63) is 28.2 Å². The number of hydrogen-bond acceptors (Lipinski definition) is 5. The molecular weight excluding hydrogens is 344 g/mol. The summed E-state index contributed by atoms with van der Waals surface area (Å²) in [6.07, 6.45) is -0.999. The Balaban J connectivity index is 2.53. The van der Waals surface area contributed by atoms with Crippen LogP contribution in [0.4, 0.5) is 0 Å². The molecule has 0 radical (unpaired) electrons. The Morgan fingerprint density at radius 1 is 1.33 bits per heavy atom. The summed E-state index contributed by atoms with van der Waals surface area (Å²) in [5, 5.41) is 18.9. The van der Waals surface area contributed by atoms with Gasteiger partial charge in [-0.3, -0.25) is 0 Å². The number of carboxylic acid groups (broad SMARTS) is 1. The SMILES string of the molecule is COCC(C)OCC(O)COc1c(Br)cccc1C(=O)O. The number of carboxylic acids is 1. The Bertz CT molecular complexity index is 465. The molecule has 0 spiro atoms. The average molecular weight is 363 g/mol. The molecule has 118 valence electrons. The van der Waals surface area contributed by atoms with Crippen LogP contribution in [0.3, 0.4) is 0 Å². The topological polar surface area (TPSA) is 85.2 Å². The van der Waals surface area contributed by atoms with Crippen molar-refractivity contribution in [1.29, 1.82) is 0 Å². The molecule has 2 unspecified atom stereocenters. The van der Waals surface area contributed by atoms with Crippen molar-refractivity contribution in [2.75, 3.05) is 26.9 Å². The predicted molar refractivity (Wildman–Crippen MR) is 79.9 cm³/mol. The molecule has 0 saturated heterocycles. The maximum Gasteiger partial charge on any atom is 0.339 e. The number of aliphatic hydroxyl groups excluding tert-OH is 1. The number of aliphatic hydroxyl groups is 1. The molecule has 1 aromatic rings. The normalized spacial score (nSPS) is 13.7. The van der Waals surface area contributed by atoms with Crippen molar-refractivity contribution >= 4 is 21.9 Å². The Morgan fingerprint density at radius 3 is 2.67 bits per heavy atom. The van der Waals surface area contributed by atoms with Crippen LogP contribution in [0.1, 0.15) is 17.3 Å². The number of hydrogen-bond donors (Lipinski definition) is 2. The van der Waals surface area contributed by atoms with Crippen molar-refractivity contribution in [2.45, 2.75) is 19.1 Å². The molecule has 0 amide bonds. The number of halogens is 1. The van der Waals surface area contributed by atoms with Crippen LogP contribution >= 0.6 is 15.9 Å². The number of aromatic carboxylic acids is 1. The molecule has 2 atom stereocenters. The van der Waals surface area contributed by atoms with E-state index in [1.165, 1.54) is 6.07 Å². The molecule has 0 aliphatic heterocycles. The second-order valence-corrected chi connectivity index (χ2v) is 5.34.